The van der Waals surface area contributed by atoms with Crippen LogP contribution in [0.5, 0.6) is 0 Å². The second-order valence-corrected chi connectivity index (χ2v) is 11.7. The van der Waals surface area contributed by atoms with Gasteiger partial charge in [-0.3, -0.25) is 13.9 Å². The van der Waals surface area contributed by atoms with Gasteiger partial charge in [-0.2, -0.15) is 0 Å². The minimum absolute atomic E-state index is 0.0263. The predicted molar refractivity (Wildman–Crippen MR) is 149 cm³/mol. The van der Waals surface area contributed by atoms with Crippen LogP contribution in [-0.2, 0) is 26.2 Å². The number of hydrogen-bond acceptors (Lipinski definition) is 4. The van der Waals surface area contributed by atoms with Gasteiger partial charge < -0.3 is 10.2 Å². The quantitative estimate of drug-likeness (QED) is 0.389. The largest absolute Gasteiger partial charge is 0.352 e. The maximum absolute atomic E-state index is 14.6. The smallest absolute Gasteiger partial charge is 0.264 e. The van der Waals surface area contributed by atoms with E-state index in [1.54, 1.807) is 73.7 Å². The highest BCUT2D eigenvalue weighted by Crippen LogP contribution is 2.25. The fraction of sp³-hybridized carbons (Fsp3) is 0.333. The summed E-state index contributed by atoms with van der Waals surface area (Å²) in [5.41, 5.74) is 0.542. The molecule has 1 atom stereocenters. The van der Waals surface area contributed by atoms with Crippen LogP contribution in [0.3, 0.4) is 0 Å². The lowest BCUT2D eigenvalue weighted by molar-refractivity contribution is -0.139. The summed E-state index contributed by atoms with van der Waals surface area (Å²) in [5.74, 6) is -1.47. The van der Waals surface area contributed by atoms with Gasteiger partial charge in [0.05, 0.1) is 10.6 Å². The number of carbonyl (C=O) groups is 2. The summed E-state index contributed by atoms with van der Waals surface area (Å²) in [7, 11) is -4.12. The molecular weight excluding hydrogens is 517 g/mol. The van der Waals surface area contributed by atoms with Gasteiger partial charge in [-0.1, -0.05) is 73.9 Å². The third-order valence-electron chi connectivity index (χ3n) is 7.07. The molecule has 3 aromatic rings. The summed E-state index contributed by atoms with van der Waals surface area (Å²) in [4.78, 5) is 28.4. The highest BCUT2D eigenvalue weighted by atomic mass is 32.2. The number of benzene rings is 3. The van der Waals surface area contributed by atoms with E-state index in [9.17, 15) is 22.4 Å². The Morgan fingerprint density at radius 2 is 1.49 bits per heavy atom. The van der Waals surface area contributed by atoms with E-state index in [2.05, 4.69) is 5.32 Å². The second-order valence-electron chi connectivity index (χ2n) is 9.79. The highest BCUT2D eigenvalue weighted by molar-refractivity contribution is 7.92. The molecule has 3 aromatic carbocycles. The van der Waals surface area contributed by atoms with E-state index in [-0.39, 0.29) is 29.0 Å². The van der Waals surface area contributed by atoms with Crippen molar-refractivity contribution in [1.82, 2.24) is 10.2 Å². The molecule has 1 fully saturated rings. The molecule has 0 aliphatic heterocycles. The first-order chi connectivity index (χ1) is 18.8. The molecule has 0 bridgehead atoms. The lowest BCUT2D eigenvalue weighted by Gasteiger charge is -2.33. The van der Waals surface area contributed by atoms with Crippen LogP contribution in [0.25, 0.3) is 0 Å². The summed E-state index contributed by atoms with van der Waals surface area (Å²) in [6, 6.07) is 21.3. The van der Waals surface area contributed by atoms with Crippen molar-refractivity contribution in [3.05, 3.63) is 96.3 Å². The number of hydrogen-bond donors (Lipinski definition) is 1. The first-order valence-electron chi connectivity index (χ1n) is 13.2. The molecule has 7 nitrogen and oxygen atoms in total. The molecule has 206 valence electrons. The molecule has 0 aromatic heterocycles. The molecule has 2 amide bonds. The van der Waals surface area contributed by atoms with E-state index in [0.717, 1.165) is 36.4 Å². The Kier molecular flexibility index (Phi) is 9.35. The molecule has 0 heterocycles. The fourth-order valence-electron chi connectivity index (χ4n) is 4.80. The Labute approximate surface area is 229 Å². The van der Waals surface area contributed by atoms with Crippen LogP contribution < -0.4 is 9.62 Å². The SMILES string of the molecule is C[C@@H](C(=O)NC1CCCCC1)N(Cc1ccccc1F)C(=O)CN(c1ccccc1)S(=O)(=O)c1ccccc1. The van der Waals surface area contributed by atoms with E-state index in [0.29, 0.717) is 5.69 Å². The van der Waals surface area contributed by atoms with Crippen molar-refractivity contribution < 1.29 is 22.4 Å². The summed E-state index contributed by atoms with van der Waals surface area (Å²) in [5, 5.41) is 3.04. The van der Waals surface area contributed by atoms with Gasteiger partial charge in [0.2, 0.25) is 11.8 Å². The monoisotopic (exact) mass is 551 g/mol. The molecule has 0 saturated heterocycles. The number of halogens is 1. The van der Waals surface area contributed by atoms with E-state index in [1.807, 2.05) is 0 Å². The minimum Gasteiger partial charge on any atom is -0.352 e. The second kappa shape index (κ2) is 12.9. The topological polar surface area (TPSA) is 86.8 Å². The summed E-state index contributed by atoms with van der Waals surface area (Å²) in [6.45, 7) is 0.852. The van der Waals surface area contributed by atoms with Gasteiger partial charge in [-0.05, 0) is 50.1 Å². The first kappa shape index (κ1) is 28.3. The van der Waals surface area contributed by atoms with Crippen molar-refractivity contribution in [3.63, 3.8) is 0 Å². The molecule has 1 aliphatic carbocycles. The maximum Gasteiger partial charge on any atom is 0.264 e. The predicted octanol–water partition coefficient (Wildman–Crippen LogP) is 4.89. The average molecular weight is 552 g/mol. The number of nitrogens with one attached hydrogen (secondary N) is 1. The van der Waals surface area contributed by atoms with E-state index >= 15 is 0 Å². The summed E-state index contributed by atoms with van der Waals surface area (Å²) in [6.07, 6.45) is 4.93. The van der Waals surface area contributed by atoms with Gasteiger partial charge in [0.15, 0.2) is 0 Å². The maximum atomic E-state index is 14.6. The molecule has 1 N–H and O–H groups in total. The summed E-state index contributed by atoms with van der Waals surface area (Å²) < 4.78 is 43.0. The molecule has 0 spiro atoms. The van der Waals surface area contributed by atoms with Crippen LogP contribution in [-0.4, -0.2) is 43.8 Å². The first-order valence-corrected chi connectivity index (χ1v) is 14.7. The normalized spacial score (nSPS) is 14.8. The standard InChI is InChI=1S/C30H34FN3O4S/c1-23(30(36)32-25-14-5-2-6-15-25)33(21-24-13-11-12-20-28(24)31)29(35)22-34(26-16-7-3-8-17-26)39(37,38)27-18-9-4-10-19-27/h3-4,7-13,16-20,23,25H,2,5-6,14-15,21-22H2,1H3,(H,32,36)/t23-/m0/s1. The van der Waals surface area contributed by atoms with Crippen LogP contribution in [0.15, 0.2) is 89.8 Å². The van der Waals surface area contributed by atoms with Crippen molar-refractivity contribution in [2.24, 2.45) is 0 Å². The Morgan fingerprint density at radius 1 is 0.897 bits per heavy atom. The van der Waals surface area contributed by atoms with Crippen molar-refractivity contribution in [1.29, 1.82) is 0 Å². The molecule has 1 aliphatic rings. The molecule has 39 heavy (non-hydrogen) atoms. The van der Waals surface area contributed by atoms with Gasteiger partial charge in [-0.15, -0.1) is 0 Å². The highest BCUT2D eigenvalue weighted by Gasteiger charge is 2.33. The van der Waals surface area contributed by atoms with Crippen LogP contribution in [0, 0.1) is 5.82 Å². The van der Waals surface area contributed by atoms with Gasteiger partial charge in [0, 0.05) is 18.2 Å². The van der Waals surface area contributed by atoms with E-state index in [1.165, 1.54) is 23.1 Å². The Morgan fingerprint density at radius 3 is 2.13 bits per heavy atom. The third kappa shape index (κ3) is 7.03. The number of carbonyl (C=O) groups excluding carboxylic acids is 2. The van der Waals surface area contributed by atoms with Gasteiger partial charge >= 0.3 is 0 Å². The van der Waals surface area contributed by atoms with Crippen molar-refractivity contribution in [2.45, 2.75) is 62.6 Å². The molecule has 0 unspecified atom stereocenters. The lowest BCUT2D eigenvalue weighted by atomic mass is 9.95. The van der Waals surface area contributed by atoms with Crippen LogP contribution >= 0.6 is 0 Å². The molecule has 9 heteroatoms. The molecule has 0 radical (unpaired) electrons. The number of anilines is 1. The average Bonchev–Trinajstić information content (AvgIpc) is 2.96. The summed E-state index contributed by atoms with van der Waals surface area (Å²) >= 11 is 0. The molecule has 1 saturated carbocycles. The third-order valence-corrected chi connectivity index (χ3v) is 8.86. The van der Waals surface area contributed by atoms with E-state index < -0.39 is 34.3 Å². The van der Waals surface area contributed by atoms with Crippen molar-refractivity contribution in [2.75, 3.05) is 10.8 Å². The lowest BCUT2D eigenvalue weighted by Crippen LogP contribution is -2.53. The van der Waals surface area contributed by atoms with E-state index in [4.69, 9.17) is 0 Å². The number of amides is 2. The fourth-order valence-corrected chi connectivity index (χ4v) is 6.24. The number of rotatable bonds is 10. The zero-order valence-corrected chi connectivity index (χ0v) is 22.8. The Bertz CT molecular complexity index is 1360. The molecular formula is C30H34FN3O4S. The Balaban J connectivity index is 1.65. The number of sulfonamides is 1. The van der Waals surface area contributed by atoms with Gasteiger partial charge in [0.25, 0.3) is 10.0 Å². The van der Waals surface area contributed by atoms with Crippen LogP contribution in [0.2, 0.25) is 0 Å². The van der Waals surface area contributed by atoms with Crippen molar-refractivity contribution >= 4 is 27.5 Å². The zero-order chi connectivity index (χ0) is 27.8. The Hall–Kier alpha value is -3.72. The van der Waals surface area contributed by atoms with Crippen LogP contribution in [0.1, 0.15) is 44.6 Å². The number of nitrogens with zero attached hydrogens (tertiary/aromatic N) is 2. The zero-order valence-electron chi connectivity index (χ0n) is 22.0. The minimum atomic E-state index is -4.12. The number of para-hydroxylation sites is 1. The van der Waals surface area contributed by atoms with Crippen molar-refractivity contribution in [3.8, 4) is 0 Å². The van der Waals surface area contributed by atoms with Gasteiger partial charge in [-0.25, -0.2) is 12.8 Å². The van der Waals surface area contributed by atoms with Crippen LogP contribution in [0.4, 0.5) is 10.1 Å². The van der Waals surface area contributed by atoms with Gasteiger partial charge in [0.1, 0.15) is 18.4 Å². The molecule has 4 rings (SSSR count).